The van der Waals surface area contributed by atoms with E-state index in [1.807, 2.05) is 12.1 Å². The van der Waals surface area contributed by atoms with Gasteiger partial charge in [0.2, 0.25) is 10.0 Å². The van der Waals surface area contributed by atoms with Crippen LogP contribution in [-0.2, 0) is 10.0 Å². The number of hydrogen-bond donors (Lipinski definition) is 1. The average molecular weight is 360 g/mol. The minimum Gasteiger partial charge on any atom is -0.496 e. The van der Waals surface area contributed by atoms with Crippen LogP contribution in [-0.4, -0.2) is 33.5 Å². The van der Waals surface area contributed by atoms with Gasteiger partial charge in [-0.3, -0.25) is 4.90 Å². The van der Waals surface area contributed by atoms with E-state index in [0.29, 0.717) is 11.8 Å². The highest BCUT2D eigenvalue weighted by Gasteiger charge is 2.19. The van der Waals surface area contributed by atoms with E-state index >= 15 is 0 Å². The minimum atomic E-state index is -3.75. The van der Waals surface area contributed by atoms with Crippen LogP contribution in [0.15, 0.2) is 47.4 Å². The first kappa shape index (κ1) is 17.9. The molecule has 1 unspecified atom stereocenters. The van der Waals surface area contributed by atoms with Gasteiger partial charge in [-0.25, -0.2) is 13.6 Å². The highest BCUT2D eigenvalue weighted by molar-refractivity contribution is 7.89. The second-order valence-corrected chi connectivity index (χ2v) is 8.01. The van der Waals surface area contributed by atoms with Crippen molar-refractivity contribution < 1.29 is 13.2 Å². The Kier molecular flexibility index (Phi) is 5.13. The van der Waals surface area contributed by atoms with E-state index in [4.69, 9.17) is 9.88 Å². The van der Waals surface area contributed by atoms with Crippen LogP contribution >= 0.6 is 0 Å². The molecule has 0 amide bonds. The van der Waals surface area contributed by atoms with Crippen molar-refractivity contribution in [2.45, 2.75) is 30.7 Å². The van der Waals surface area contributed by atoms with Crippen LogP contribution in [0.2, 0.25) is 0 Å². The molecule has 25 heavy (non-hydrogen) atoms. The summed E-state index contributed by atoms with van der Waals surface area (Å²) in [5, 5.41) is 5.25. The van der Waals surface area contributed by atoms with Crippen LogP contribution in [0.3, 0.4) is 0 Å². The van der Waals surface area contributed by atoms with E-state index in [1.54, 1.807) is 19.2 Å². The number of likely N-dealkylation sites (tertiary alicyclic amines) is 1. The van der Waals surface area contributed by atoms with Crippen LogP contribution in [0, 0.1) is 0 Å². The summed E-state index contributed by atoms with van der Waals surface area (Å²) in [6.45, 7) is 4.52. The molecule has 0 radical (unpaired) electrons. The molecule has 2 N–H and O–H groups in total. The monoisotopic (exact) mass is 360 g/mol. The highest BCUT2D eigenvalue weighted by atomic mass is 32.2. The number of sulfonamides is 1. The number of nitrogens with zero attached hydrogens (tertiary/aromatic N) is 1. The summed E-state index contributed by atoms with van der Waals surface area (Å²) in [7, 11) is -2.18. The first-order chi connectivity index (χ1) is 11.9. The van der Waals surface area contributed by atoms with Crippen LogP contribution in [0.5, 0.6) is 5.75 Å². The second-order valence-electron chi connectivity index (χ2n) is 6.45. The fourth-order valence-corrected chi connectivity index (χ4v) is 3.91. The molecule has 1 heterocycles. The lowest BCUT2D eigenvalue weighted by molar-refractivity contribution is 0.263. The predicted octanol–water partition coefficient (Wildman–Crippen LogP) is 3.17. The molecule has 6 heteroatoms. The molecule has 5 nitrogen and oxygen atoms in total. The zero-order chi connectivity index (χ0) is 18.0. The number of rotatable bonds is 5. The molecule has 1 atom stereocenters. The van der Waals surface area contributed by atoms with Gasteiger partial charge < -0.3 is 4.74 Å². The smallest absolute Gasteiger partial charge is 0.238 e. The lowest BCUT2D eigenvalue weighted by Crippen LogP contribution is -2.23. The quantitative estimate of drug-likeness (QED) is 0.889. The van der Waals surface area contributed by atoms with Crippen molar-refractivity contribution in [1.82, 2.24) is 4.90 Å². The Morgan fingerprint density at radius 2 is 1.72 bits per heavy atom. The van der Waals surface area contributed by atoms with Gasteiger partial charge in [0.15, 0.2) is 0 Å². The number of benzene rings is 2. The lowest BCUT2D eigenvalue weighted by atomic mass is 10.00. The highest BCUT2D eigenvalue weighted by Crippen LogP contribution is 2.33. The topological polar surface area (TPSA) is 72.6 Å². The van der Waals surface area contributed by atoms with Crippen molar-refractivity contribution in [3.63, 3.8) is 0 Å². The van der Waals surface area contributed by atoms with Crippen LogP contribution in [0.25, 0.3) is 11.1 Å². The normalized spacial score (nSPS) is 16.8. The fraction of sp³-hybridized carbons (Fsp3) is 0.368. The Labute approximate surface area is 149 Å². The molecule has 2 aromatic carbocycles. The SMILES string of the molecule is COc1ccc(S(N)(=O)=O)cc1-c1ccc(C(C)N2CCCC2)cc1. The second kappa shape index (κ2) is 7.15. The molecule has 0 saturated carbocycles. The van der Waals surface area contributed by atoms with Crippen molar-refractivity contribution in [3.05, 3.63) is 48.0 Å². The number of primary sulfonamides is 1. The summed E-state index contributed by atoms with van der Waals surface area (Å²) in [5.74, 6) is 0.618. The number of ether oxygens (including phenoxy) is 1. The van der Waals surface area contributed by atoms with Crippen LogP contribution in [0.1, 0.15) is 31.4 Å². The van der Waals surface area contributed by atoms with Gasteiger partial charge in [-0.2, -0.15) is 0 Å². The number of nitrogens with two attached hydrogens (primary N) is 1. The maximum Gasteiger partial charge on any atom is 0.238 e. The third kappa shape index (κ3) is 3.86. The summed E-state index contributed by atoms with van der Waals surface area (Å²) in [6, 6.07) is 13.3. The van der Waals surface area contributed by atoms with Gasteiger partial charge in [0.1, 0.15) is 5.75 Å². The Bertz CT molecular complexity index is 841. The molecule has 1 saturated heterocycles. The van der Waals surface area contributed by atoms with Crippen LogP contribution in [0.4, 0.5) is 0 Å². The maximum absolute atomic E-state index is 11.6. The molecule has 0 bridgehead atoms. The number of methoxy groups -OCH3 is 1. The van der Waals surface area contributed by atoms with Gasteiger partial charge in [0, 0.05) is 11.6 Å². The standard InChI is InChI=1S/C19H24N2O3S/c1-14(21-11-3-4-12-21)15-5-7-16(8-6-15)18-13-17(25(20,22)23)9-10-19(18)24-2/h5-10,13-14H,3-4,11-12H2,1-2H3,(H2,20,22,23). The molecule has 0 aromatic heterocycles. The molecule has 1 fully saturated rings. The molecule has 1 aliphatic rings. The summed E-state index contributed by atoms with van der Waals surface area (Å²) >= 11 is 0. The van der Waals surface area contributed by atoms with E-state index in [1.165, 1.54) is 24.5 Å². The Hall–Kier alpha value is -1.89. The lowest BCUT2D eigenvalue weighted by Gasteiger charge is -2.24. The van der Waals surface area contributed by atoms with Gasteiger partial charge in [-0.1, -0.05) is 24.3 Å². The Balaban J connectivity index is 1.93. The average Bonchev–Trinajstić information content (AvgIpc) is 3.14. The Morgan fingerprint density at radius 1 is 1.08 bits per heavy atom. The summed E-state index contributed by atoms with van der Waals surface area (Å²) < 4.78 is 28.7. The molecule has 0 spiro atoms. The van der Waals surface area contributed by atoms with Crippen molar-refractivity contribution >= 4 is 10.0 Å². The Morgan fingerprint density at radius 3 is 2.28 bits per heavy atom. The summed E-state index contributed by atoms with van der Waals surface area (Å²) in [4.78, 5) is 2.56. The fourth-order valence-electron chi connectivity index (χ4n) is 3.37. The van der Waals surface area contributed by atoms with E-state index in [2.05, 4.69) is 24.0 Å². The first-order valence-corrected chi connectivity index (χ1v) is 10.00. The molecule has 2 aromatic rings. The maximum atomic E-state index is 11.6. The molecule has 0 aliphatic carbocycles. The van der Waals surface area contributed by atoms with Crippen molar-refractivity contribution in [1.29, 1.82) is 0 Å². The zero-order valence-electron chi connectivity index (χ0n) is 14.6. The molecular weight excluding hydrogens is 336 g/mol. The molecule has 1 aliphatic heterocycles. The predicted molar refractivity (Wildman–Crippen MR) is 99.0 cm³/mol. The van der Waals surface area contributed by atoms with Gasteiger partial charge in [0.25, 0.3) is 0 Å². The van der Waals surface area contributed by atoms with Crippen molar-refractivity contribution in [3.8, 4) is 16.9 Å². The molecule has 134 valence electrons. The largest absolute Gasteiger partial charge is 0.496 e. The summed E-state index contributed by atoms with van der Waals surface area (Å²) in [6.07, 6.45) is 2.53. The minimum absolute atomic E-state index is 0.0813. The van der Waals surface area contributed by atoms with Gasteiger partial charge in [-0.15, -0.1) is 0 Å². The van der Waals surface area contributed by atoms with Gasteiger partial charge >= 0.3 is 0 Å². The zero-order valence-corrected chi connectivity index (χ0v) is 15.4. The van der Waals surface area contributed by atoms with Gasteiger partial charge in [-0.05, 0) is 62.2 Å². The molecule has 3 rings (SSSR count). The first-order valence-electron chi connectivity index (χ1n) is 8.45. The van der Waals surface area contributed by atoms with E-state index in [9.17, 15) is 8.42 Å². The van der Waals surface area contributed by atoms with Crippen molar-refractivity contribution in [2.24, 2.45) is 5.14 Å². The van der Waals surface area contributed by atoms with E-state index in [-0.39, 0.29) is 4.90 Å². The third-order valence-electron chi connectivity index (χ3n) is 4.89. The van der Waals surface area contributed by atoms with E-state index < -0.39 is 10.0 Å². The van der Waals surface area contributed by atoms with Gasteiger partial charge in [0.05, 0.1) is 12.0 Å². The van der Waals surface area contributed by atoms with Crippen LogP contribution < -0.4 is 9.88 Å². The number of hydrogen-bond acceptors (Lipinski definition) is 4. The third-order valence-corrected chi connectivity index (χ3v) is 5.80. The van der Waals surface area contributed by atoms with Crippen molar-refractivity contribution in [2.75, 3.05) is 20.2 Å². The summed E-state index contributed by atoms with van der Waals surface area (Å²) in [5.41, 5.74) is 2.88. The molecular formula is C19H24N2O3S. The van der Waals surface area contributed by atoms with E-state index in [0.717, 1.165) is 24.2 Å².